The summed E-state index contributed by atoms with van der Waals surface area (Å²) in [6, 6.07) is 21.6. The number of nitrogens with two attached hydrogens (primary N) is 1. The minimum absolute atomic E-state index is 0.334. The Labute approximate surface area is 176 Å². The summed E-state index contributed by atoms with van der Waals surface area (Å²) in [6.07, 6.45) is 7.92. The third-order valence-corrected chi connectivity index (χ3v) is 5.73. The molecule has 152 valence electrons. The molecule has 0 atom stereocenters. The molecule has 1 aliphatic carbocycles. The maximum absolute atomic E-state index is 6.05. The summed E-state index contributed by atoms with van der Waals surface area (Å²) in [7, 11) is 0. The number of benzene rings is 2. The molecular weight excluding hydrogens is 372 g/mol. The predicted octanol–water partition coefficient (Wildman–Crippen LogP) is 4.82. The molecule has 4 aromatic rings. The van der Waals surface area contributed by atoms with Gasteiger partial charge in [-0.15, -0.1) is 5.10 Å². The summed E-state index contributed by atoms with van der Waals surface area (Å²) in [6.45, 7) is 0. The lowest BCUT2D eigenvalue weighted by molar-refractivity contribution is 0.410. The summed E-state index contributed by atoms with van der Waals surface area (Å²) in [5.41, 5.74) is 11.2. The van der Waals surface area contributed by atoms with Crippen molar-refractivity contribution in [2.45, 2.75) is 37.8 Å². The topological polar surface area (TPSA) is 80.3 Å². The van der Waals surface area contributed by atoms with Crippen molar-refractivity contribution >= 4 is 22.8 Å². The molecule has 0 amide bonds. The molecule has 0 radical (unpaired) electrons. The van der Waals surface area contributed by atoms with E-state index < -0.39 is 0 Å². The fourth-order valence-corrected chi connectivity index (χ4v) is 4.11. The first-order valence-electron chi connectivity index (χ1n) is 10.5. The van der Waals surface area contributed by atoms with Crippen LogP contribution >= 0.6 is 0 Å². The van der Waals surface area contributed by atoms with Gasteiger partial charge < -0.3 is 16.4 Å². The lowest BCUT2D eigenvalue weighted by atomic mass is 9.92. The molecule has 0 unspecified atom stereocenters. The Balaban J connectivity index is 1.42. The first-order chi connectivity index (χ1) is 14.7. The molecule has 2 aromatic heterocycles. The van der Waals surface area contributed by atoms with Crippen molar-refractivity contribution in [2.24, 2.45) is 5.73 Å². The average Bonchev–Trinajstić information content (AvgIpc) is 3.25. The number of aromatic nitrogens is 3. The average molecular weight is 399 g/mol. The normalized spacial score (nSPS) is 19.0. The molecule has 2 aromatic carbocycles. The van der Waals surface area contributed by atoms with Crippen LogP contribution in [0.1, 0.15) is 25.7 Å². The maximum Gasteiger partial charge on any atom is 0.177 e. The van der Waals surface area contributed by atoms with E-state index in [4.69, 9.17) is 5.73 Å². The van der Waals surface area contributed by atoms with E-state index in [2.05, 4.69) is 69.2 Å². The van der Waals surface area contributed by atoms with Crippen molar-refractivity contribution in [1.29, 1.82) is 0 Å². The van der Waals surface area contributed by atoms with Crippen LogP contribution < -0.4 is 16.4 Å². The molecule has 1 aliphatic rings. The van der Waals surface area contributed by atoms with Crippen molar-refractivity contribution in [3.05, 3.63) is 73.1 Å². The van der Waals surface area contributed by atoms with Crippen LogP contribution in [-0.2, 0) is 0 Å². The van der Waals surface area contributed by atoms with Gasteiger partial charge in [0.2, 0.25) is 0 Å². The summed E-state index contributed by atoms with van der Waals surface area (Å²) in [5, 5.41) is 11.8. The van der Waals surface area contributed by atoms with E-state index in [0.29, 0.717) is 12.1 Å². The summed E-state index contributed by atoms with van der Waals surface area (Å²) in [4.78, 5) is 4.49. The summed E-state index contributed by atoms with van der Waals surface area (Å²) in [5.74, 6) is 0.850. The number of nitrogens with one attached hydrogen (secondary N) is 2. The lowest BCUT2D eigenvalue weighted by Crippen LogP contribution is -2.33. The van der Waals surface area contributed by atoms with Gasteiger partial charge in [0.05, 0.1) is 5.69 Å². The number of nitrogens with zero attached hydrogens (tertiary/aromatic N) is 3. The Hall–Kier alpha value is -3.38. The van der Waals surface area contributed by atoms with E-state index >= 15 is 0 Å². The van der Waals surface area contributed by atoms with Gasteiger partial charge in [-0.1, -0.05) is 42.5 Å². The highest BCUT2D eigenvalue weighted by atomic mass is 15.3. The fourth-order valence-electron chi connectivity index (χ4n) is 4.11. The Morgan fingerprint density at radius 2 is 1.70 bits per heavy atom. The highest BCUT2D eigenvalue weighted by Gasteiger charge is 2.19. The predicted molar refractivity (Wildman–Crippen MR) is 122 cm³/mol. The van der Waals surface area contributed by atoms with Crippen molar-refractivity contribution in [3.63, 3.8) is 0 Å². The molecule has 4 N–H and O–H groups in total. The summed E-state index contributed by atoms with van der Waals surface area (Å²) < 4.78 is 1.82. The number of fused-ring (bicyclic) bond motifs is 1. The second-order valence-electron chi connectivity index (χ2n) is 7.97. The number of rotatable bonds is 5. The van der Waals surface area contributed by atoms with E-state index in [1.807, 2.05) is 22.8 Å². The van der Waals surface area contributed by atoms with Gasteiger partial charge >= 0.3 is 0 Å². The second kappa shape index (κ2) is 8.16. The van der Waals surface area contributed by atoms with E-state index in [0.717, 1.165) is 48.5 Å². The first kappa shape index (κ1) is 18.6. The Morgan fingerprint density at radius 1 is 0.900 bits per heavy atom. The molecule has 30 heavy (non-hydrogen) atoms. The van der Waals surface area contributed by atoms with Gasteiger partial charge in [-0.3, -0.25) is 0 Å². The number of hydrogen-bond donors (Lipinski definition) is 3. The number of imidazole rings is 1. The van der Waals surface area contributed by atoms with Crippen LogP contribution in [0.5, 0.6) is 0 Å². The van der Waals surface area contributed by atoms with E-state index in [1.54, 1.807) is 6.20 Å². The highest BCUT2D eigenvalue weighted by molar-refractivity contribution is 5.78. The van der Waals surface area contributed by atoms with Gasteiger partial charge in [-0.05, 0) is 48.9 Å². The molecule has 0 aliphatic heterocycles. The number of anilines is 3. The van der Waals surface area contributed by atoms with Gasteiger partial charge in [0.1, 0.15) is 5.82 Å². The lowest BCUT2D eigenvalue weighted by Gasteiger charge is -2.27. The highest BCUT2D eigenvalue weighted by Crippen LogP contribution is 2.28. The van der Waals surface area contributed by atoms with Gasteiger partial charge in [0.15, 0.2) is 5.65 Å². The monoisotopic (exact) mass is 398 g/mol. The van der Waals surface area contributed by atoms with Crippen molar-refractivity contribution in [3.8, 4) is 11.1 Å². The Kier molecular flexibility index (Phi) is 5.07. The van der Waals surface area contributed by atoms with Crippen molar-refractivity contribution in [2.75, 3.05) is 10.6 Å². The Bertz CT molecular complexity index is 1130. The van der Waals surface area contributed by atoms with Crippen LogP contribution in [0.25, 0.3) is 16.8 Å². The zero-order chi connectivity index (χ0) is 20.3. The summed E-state index contributed by atoms with van der Waals surface area (Å²) >= 11 is 0. The minimum atomic E-state index is 0.334. The van der Waals surface area contributed by atoms with Crippen LogP contribution in [0.15, 0.2) is 73.1 Å². The molecule has 1 saturated carbocycles. The van der Waals surface area contributed by atoms with Crippen LogP contribution in [0, 0.1) is 0 Å². The standard InChI is InChI=1S/C24H26N6/c25-19-9-11-20(12-10-19)28-23-16-22(24-26-13-14-30(24)29-23)27-21-8-4-7-18(15-21)17-5-2-1-3-6-17/h1-8,13-16,19-20,27H,9-12,25H2,(H,28,29). The van der Waals surface area contributed by atoms with Gasteiger partial charge in [-0.2, -0.15) is 0 Å². The van der Waals surface area contributed by atoms with Gasteiger partial charge in [0, 0.05) is 36.2 Å². The third kappa shape index (κ3) is 4.00. The maximum atomic E-state index is 6.05. The largest absolute Gasteiger partial charge is 0.366 e. The molecule has 1 fully saturated rings. The van der Waals surface area contributed by atoms with E-state index in [-0.39, 0.29) is 0 Å². The van der Waals surface area contributed by atoms with Crippen LogP contribution in [0.4, 0.5) is 17.2 Å². The zero-order valence-corrected chi connectivity index (χ0v) is 16.8. The van der Waals surface area contributed by atoms with Crippen LogP contribution in [0.2, 0.25) is 0 Å². The molecule has 6 heteroatoms. The SMILES string of the molecule is NC1CCC(Nc2cc(Nc3cccc(-c4ccccc4)c3)c3nccn3n2)CC1. The second-order valence-corrected chi connectivity index (χ2v) is 7.97. The Morgan fingerprint density at radius 3 is 2.53 bits per heavy atom. The van der Waals surface area contributed by atoms with Crippen LogP contribution in [-0.4, -0.2) is 26.7 Å². The first-order valence-corrected chi connectivity index (χ1v) is 10.5. The molecule has 5 rings (SSSR count). The van der Waals surface area contributed by atoms with Gasteiger partial charge in [-0.25, -0.2) is 9.50 Å². The van der Waals surface area contributed by atoms with Crippen LogP contribution in [0.3, 0.4) is 0 Å². The minimum Gasteiger partial charge on any atom is -0.366 e. The number of hydrogen-bond acceptors (Lipinski definition) is 5. The third-order valence-electron chi connectivity index (χ3n) is 5.73. The van der Waals surface area contributed by atoms with Crippen molar-refractivity contribution < 1.29 is 0 Å². The molecule has 6 nitrogen and oxygen atoms in total. The van der Waals surface area contributed by atoms with Crippen molar-refractivity contribution in [1.82, 2.24) is 14.6 Å². The molecule has 2 heterocycles. The molecular formula is C24H26N6. The molecule has 0 bridgehead atoms. The van der Waals surface area contributed by atoms with E-state index in [9.17, 15) is 0 Å². The smallest absolute Gasteiger partial charge is 0.177 e. The van der Waals surface area contributed by atoms with E-state index in [1.165, 1.54) is 11.1 Å². The quantitative estimate of drug-likeness (QED) is 0.449. The van der Waals surface area contributed by atoms with Gasteiger partial charge in [0.25, 0.3) is 0 Å². The molecule has 0 saturated heterocycles. The fraction of sp³-hybridized carbons (Fsp3) is 0.250. The molecule has 0 spiro atoms. The zero-order valence-electron chi connectivity index (χ0n) is 16.8.